The van der Waals surface area contributed by atoms with Crippen LogP contribution in [0.1, 0.15) is 48.3 Å². The summed E-state index contributed by atoms with van der Waals surface area (Å²) in [6.07, 6.45) is 2.25. The minimum absolute atomic E-state index is 0.0746. The Hall–Kier alpha value is -2.90. The van der Waals surface area contributed by atoms with Gasteiger partial charge >= 0.3 is 0 Å². The van der Waals surface area contributed by atoms with Crippen molar-refractivity contribution in [1.29, 1.82) is 0 Å². The molecule has 0 heterocycles. The molecule has 3 aromatic carbocycles. The first-order valence-corrected chi connectivity index (χ1v) is 11.2. The van der Waals surface area contributed by atoms with E-state index >= 15 is 0 Å². The highest BCUT2D eigenvalue weighted by Gasteiger charge is 2.27. The molecule has 1 aliphatic carbocycles. The molecule has 0 aliphatic heterocycles. The van der Waals surface area contributed by atoms with Gasteiger partial charge in [-0.3, -0.25) is 0 Å². The fraction of sp³-hybridized carbons (Fsp3) is 0.333. The van der Waals surface area contributed by atoms with Gasteiger partial charge in [0, 0.05) is 11.1 Å². The van der Waals surface area contributed by atoms with Gasteiger partial charge in [-0.2, -0.15) is 4.39 Å². The van der Waals surface area contributed by atoms with Gasteiger partial charge in [-0.15, -0.1) is 0 Å². The van der Waals surface area contributed by atoms with E-state index in [0.29, 0.717) is 42.4 Å². The molecule has 1 N–H and O–H groups in total. The molecule has 3 aromatic rings. The van der Waals surface area contributed by atoms with E-state index in [1.165, 1.54) is 19.2 Å². The Labute approximate surface area is 196 Å². The van der Waals surface area contributed by atoms with Gasteiger partial charge in [-0.1, -0.05) is 36.4 Å². The summed E-state index contributed by atoms with van der Waals surface area (Å²) < 4.78 is 68.4. The van der Waals surface area contributed by atoms with Crippen LogP contribution in [0.5, 0.6) is 5.75 Å². The van der Waals surface area contributed by atoms with E-state index in [1.54, 1.807) is 36.4 Å². The summed E-state index contributed by atoms with van der Waals surface area (Å²) in [4.78, 5) is 0. The fourth-order valence-electron chi connectivity index (χ4n) is 4.48. The maximum absolute atomic E-state index is 15.0. The lowest BCUT2D eigenvalue weighted by Crippen LogP contribution is -2.21. The van der Waals surface area contributed by atoms with Crippen LogP contribution in [-0.4, -0.2) is 18.3 Å². The van der Waals surface area contributed by atoms with Crippen molar-refractivity contribution in [2.45, 2.75) is 50.9 Å². The number of rotatable bonds is 7. The number of benzene rings is 3. The first kappa shape index (κ1) is 24.2. The zero-order valence-electron chi connectivity index (χ0n) is 18.8. The fourth-order valence-corrected chi connectivity index (χ4v) is 4.48. The predicted octanol–water partition coefficient (Wildman–Crippen LogP) is 6.65. The van der Waals surface area contributed by atoms with E-state index in [-0.39, 0.29) is 42.1 Å². The second kappa shape index (κ2) is 10.6. The molecule has 1 fully saturated rings. The van der Waals surface area contributed by atoms with Crippen LogP contribution in [0, 0.1) is 23.3 Å². The van der Waals surface area contributed by atoms with Crippen LogP contribution >= 0.6 is 0 Å². The van der Waals surface area contributed by atoms with Gasteiger partial charge in [0.05, 0.1) is 26.4 Å². The molecule has 34 heavy (non-hydrogen) atoms. The second-order valence-electron chi connectivity index (χ2n) is 8.52. The van der Waals surface area contributed by atoms with Crippen molar-refractivity contribution < 1.29 is 32.1 Å². The van der Waals surface area contributed by atoms with Gasteiger partial charge in [-0.05, 0) is 60.4 Å². The predicted molar refractivity (Wildman–Crippen MR) is 120 cm³/mol. The molecule has 0 aromatic heterocycles. The van der Waals surface area contributed by atoms with Crippen molar-refractivity contribution in [3.05, 3.63) is 88.5 Å². The Morgan fingerprint density at radius 2 is 1.50 bits per heavy atom. The Bertz CT molecular complexity index is 1140. The van der Waals surface area contributed by atoms with E-state index in [2.05, 4.69) is 0 Å². The quantitative estimate of drug-likeness (QED) is 0.390. The highest BCUT2D eigenvalue weighted by Crippen LogP contribution is 2.38. The number of hydrogen-bond acceptors (Lipinski definition) is 3. The summed E-state index contributed by atoms with van der Waals surface area (Å²) in [5.74, 6) is -4.07. The molecule has 0 amide bonds. The van der Waals surface area contributed by atoms with E-state index in [4.69, 9.17) is 14.6 Å². The van der Waals surface area contributed by atoms with Crippen molar-refractivity contribution in [3.63, 3.8) is 0 Å². The topological polar surface area (TPSA) is 38.7 Å². The van der Waals surface area contributed by atoms with Gasteiger partial charge in [-0.25, -0.2) is 13.2 Å². The molecule has 0 radical (unpaired) electrons. The number of aliphatic hydroxyl groups is 1. The van der Waals surface area contributed by atoms with Gasteiger partial charge < -0.3 is 14.6 Å². The SMILES string of the molecule is COc1ccc(COC2CCC(c3ccc(-c4ccc(CO)cc4)c(F)c3F)CC2)c(F)c1F. The highest BCUT2D eigenvalue weighted by molar-refractivity contribution is 5.65. The lowest BCUT2D eigenvalue weighted by Gasteiger charge is -2.29. The molecule has 0 bridgehead atoms. The molecule has 0 saturated heterocycles. The first-order valence-electron chi connectivity index (χ1n) is 11.2. The van der Waals surface area contributed by atoms with Gasteiger partial charge in [0.25, 0.3) is 0 Å². The smallest absolute Gasteiger partial charge is 0.200 e. The molecule has 1 saturated carbocycles. The number of hydrogen-bond donors (Lipinski definition) is 1. The van der Waals surface area contributed by atoms with Crippen molar-refractivity contribution in [1.82, 2.24) is 0 Å². The molecule has 1 aliphatic rings. The number of ether oxygens (including phenoxy) is 2. The second-order valence-corrected chi connectivity index (χ2v) is 8.52. The third-order valence-corrected chi connectivity index (χ3v) is 6.50. The molecule has 180 valence electrons. The van der Waals surface area contributed by atoms with E-state index in [1.807, 2.05) is 0 Å². The third-order valence-electron chi connectivity index (χ3n) is 6.50. The minimum Gasteiger partial charge on any atom is -0.494 e. The minimum atomic E-state index is -1.04. The van der Waals surface area contributed by atoms with Crippen LogP contribution in [0.3, 0.4) is 0 Å². The third kappa shape index (κ3) is 4.95. The first-order chi connectivity index (χ1) is 16.4. The monoisotopic (exact) mass is 474 g/mol. The lowest BCUT2D eigenvalue weighted by atomic mass is 9.82. The summed E-state index contributed by atoms with van der Waals surface area (Å²) in [6.45, 7) is -0.191. The molecule has 0 spiro atoms. The zero-order chi connectivity index (χ0) is 24.2. The molecular weight excluding hydrogens is 448 g/mol. The summed E-state index contributed by atoms with van der Waals surface area (Å²) in [5, 5.41) is 9.15. The molecule has 7 heteroatoms. The lowest BCUT2D eigenvalue weighted by molar-refractivity contribution is 0.0116. The number of aliphatic hydroxyl groups excluding tert-OH is 1. The number of halogens is 4. The largest absolute Gasteiger partial charge is 0.494 e. The maximum Gasteiger partial charge on any atom is 0.200 e. The summed E-state index contributed by atoms with van der Waals surface area (Å²) in [7, 11) is 1.27. The van der Waals surface area contributed by atoms with Crippen LogP contribution in [0.4, 0.5) is 17.6 Å². The Morgan fingerprint density at radius 3 is 2.15 bits per heavy atom. The Kier molecular flexibility index (Phi) is 7.54. The van der Waals surface area contributed by atoms with Crippen LogP contribution < -0.4 is 4.74 Å². The van der Waals surface area contributed by atoms with Crippen molar-refractivity contribution in [2.75, 3.05) is 7.11 Å². The normalized spacial score (nSPS) is 18.2. The van der Waals surface area contributed by atoms with Crippen LogP contribution in [0.15, 0.2) is 48.5 Å². The average molecular weight is 474 g/mol. The summed E-state index contributed by atoms with van der Waals surface area (Å²) in [5.41, 5.74) is 1.86. The number of methoxy groups -OCH3 is 1. The molecule has 4 rings (SSSR count). The Morgan fingerprint density at radius 1 is 0.794 bits per heavy atom. The summed E-state index contributed by atoms with van der Waals surface area (Å²) in [6, 6.07) is 12.7. The highest BCUT2D eigenvalue weighted by atomic mass is 19.2. The van der Waals surface area contributed by atoms with Crippen LogP contribution in [-0.2, 0) is 18.0 Å². The van der Waals surface area contributed by atoms with Crippen LogP contribution in [0.2, 0.25) is 0 Å². The van der Waals surface area contributed by atoms with Crippen LogP contribution in [0.25, 0.3) is 11.1 Å². The van der Waals surface area contributed by atoms with Crippen molar-refractivity contribution >= 4 is 0 Å². The molecular formula is C27H26F4O3. The average Bonchev–Trinajstić information content (AvgIpc) is 2.87. The van der Waals surface area contributed by atoms with Crippen molar-refractivity contribution in [3.8, 4) is 16.9 Å². The van der Waals surface area contributed by atoms with Gasteiger partial charge in [0.1, 0.15) is 0 Å². The standard InChI is InChI=1S/C27H26F4O3/c1-33-23-13-8-19(24(28)27(23)31)15-34-20-9-6-18(7-10-20)22-12-11-21(25(29)26(22)30)17-4-2-16(14-32)3-5-17/h2-5,8,11-13,18,20,32H,6-7,9-10,14-15H2,1H3. The van der Waals surface area contributed by atoms with E-state index in [9.17, 15) is 17.6 Å². The molecule has 0 unspecified atom stereocenters. The summed E-state index contributed by atoms with van der Waals surface area (Å²) >= 11 is 0. The maximum atomic E-state index is 15.0. The van der Waals surface area contributed by atoms with E-state index in [0.717, 1.165) is 0 Å². The van der Waals surface area contributed by atoms with E-state index < -0.39 is 23.3 Å². The molecule has 3 nitrogen and oxygen atoms in total. The Balaban J connectivity index is 1.38. The van der Waals surface area contributed by atoms with Gasteiger partial charge in [0.2, 0.25) is 5.82 Å². The molecule has 0 atom stereocenters. The zero-order valence-corrected chi connectivity index (χ0v) is 18.8. The van der Waals surface area contributed by atoms with Gasteiger partial charge in [0.15, 0.2) is 23.2 Å². The van der Waals surface area contributed by atoms with Crippen molar-refractivity contribution in [2.24, 2.45) is 0 Å².